The molecule has 4 nitrogen and oxygen atoms in total. The van der Waals surface area contributed by atoms with Crippen LogP contribution in [0, 0.1) is 0 Å². The Kier molecular flexibility index (Phi) is 6.28. The second-order valence-corrected chi connectivity index (χ2v) is 5.10. The number of rotatable bonds is 9. The van der Waals surface area contributed by atoms with Crippen LogP contribution >= 0.6 is 0 Å². The molecule has 2 rings (SSSR count). The van der Waals surface area contributed by atoms with Crippen molar-refractivity contribution in [3.05, 3.63) is 47.5 Å². The number of nitrogens with zero attached hydrogens (tertiary/aromatic N) is 1. The molecular weight excluding hydrogens is 264 g/mol. The van der Waals surface area contributed by atoms with E-state index in [-0.39, 0.29) is 0 Å². The molecule has 4 heteroatoms. The van der Waals surface area contributed by atoms with Gasteiger partial charge in [-0.1, -0.05) is 20.3 Å². The van der Waals surface area contributed by atoms with Crippen LogP contribution in [0.2, 0.25) is 0 Å². The summed E-state index contributed by atoms with van der Waals surface area (Å²) in [5.41, 5.74) is 2.30. The highest BCUT2D eigenvalue weighted by Crippen LogP contribution is 2.16. The molecule has 0 fully saturated rings. The van der Waals surface area contributed by atoms with Gasteiger partial charge in [0.25, 0.3) is 0 Å². The highest BCUT2D eigenvalue weighted by Gasteiger charge is 2.05. The van der Waals surface area contributed by atoms with Crippen LogP contribution < -0.4 is 10.1 Å². The van der Waals surface area contributed by atoms with Gasteiger partial charge in [0.15, 0.2) is 0 Å². The highest BCUT2D eigenvalue weighted by atomic mass is 16.5. The lowest BCUT2D eigenvalue weighted by Crippen LogP contribution is -2.14. The third-order valence-electron chi connectivity index (χ3n) is 3.12. The summed E-state index contributed by atoms with van der Waals surface area (Å²) in [4.78, 5) is 4.56. The third kappa shape index (κ3) is 5.23. The lowest BCUT2D eigenvalue weighted by molar-refractivity contribution is 0.259. The van der Waals surface area contributed by atoms with Gasteiger partial charge in [-0.15, -0.1) is 0 Å². The molecule has 21 heavy (non-hydrogen) atoms. The molecule has 0 bridgehead atoms. The van der Waals surface area contributed by atoms with Crippen molar-refractivity contribution in [3.63, 3.8) is 0 Å². The lowest BCUT2D eigenvalue weighted by Gasteiger charge is -2.10. The predicted octanol–water partition coefficient (Wildman–Crippen LogP) is 3.71. The van der Waals surface area contributed by atoms with Gasteiger partial charge in [0, 0.05) is 18.3 Å². The van der Waals surface area contributed by atoms with Crippen molar-refractivity contribution in [1.82, 2.24) is 10.3 Å². The third-order valence-corrected chi connectivity index (χ3v) is 3.12. The van der Waals surface area contributed by atoms with Gasteiger partial charge in [-0.2, -0.15) is 0 Å². The molecule has 2 heterocycles. The van der Waals surface area contributed by atoms with E-state index in [2.05, 4.69) is 30.2 Å². The summed E-state index contributed by atoms with van der Waals surface area (Å²) in [6, 6.07) is 7.93. The average molecular weight is 288 g/mol. The number of aromatic nitrogens is 1. The molecular formula is C17H24N2O2. The zero-order valence-corrected chi connectivity index (χ0v) is 12.9. The van der Waals surface area contributed by atoms with Crippen molar-refractivity contribution < 1.29 is 9.15 Å². The van der Waals surface area contributed by atoms with Crippen molar-refractivity contribution in [3.8, 4) is 5.88 Å². The van der Waals surface area contributed by atoms with E-state index in [1.54, 1.807) is 6.26 Å². The molecule has 0 radical (unpaired) electrons. The Morgan fingerprint density at radius 1 is 1.24 bits per heavy atom. The Morgan fingerprint density at radius 3 is 2.86 bits per heavy atom. The SMILES string of the molecule is CCCNCc1cc(CCC)nc(OCc2ccco2)c1. The fraction of sp³-hybridized carbons (Fsp3) is 0.471. The first-order chi connectivity index (χ1) is 10.3. The minimum atomic E-state index is 0.414. The van der Waals surface area contributed by atoms with Gasteiger partial charge in [0.1, 0.15) is 12.4 Å². The fourth-order valence-electron chi connectivity index (χ4n) is 2.13. The van der Waals surface area contributed by atoms with Gasteiger partial charge >= 0.3 is 0 Å². The van der Waals surface area contributed by atoms with Crippen molar-refractivity contribution in [2.75, 3.05) is 6.54 Å². The van der Waals surface area contributed by atoms with E-state index in [0.717, 1.165) is 43.8 Å². The maximum atomic E-state index is 5.75. The van der Waals surface area contributed by atoms with E-state index in [1.807, 2.05) is 18.2 Å². The molecule has 0 aliphatic carbocycles. The standard InChI is InChI=1S/C17H24N2O2/c1-3-6-15-10-14(12-18-8-4-2)11-17(19-15)21-13-16-7-5-9-20-16/h5,7,9-11,18H,3-4,6,8,12-13H2,1-2H3. The van der Waals surface area contributed by atoms with E-state index in [1.165, 1.54) is 5.56 Å². The van der Waals surface area contributed by atoms with Crippen LogP contribution in [0.15, 0.2) is 34.9 Å². The Bertz CT molecular complexity index is 524. The van der Waals surface area contributed by atoms with Crippen molar-refractivity contribution in [1.29, 1.82) is 0 Å². The topological polar surface area (TPSA) is 47.3 Å². The molecule has 2 aromatic rings. The Morgan fingerprint density at radius 2 is 2.14 bits per heavy atom. The largest absolute Gasteiger partial charge is 0.469 e. The average Bonchev–Trinajstić information content (AvgIpc) is 2.99. The van der Waals surface area contributed by atoms with Gasteiger partial charge in [0.05, 0.1) is 6.26 Å². The summed E-state index contributed by atoms with van der Waals surface area (Å²) in [6.07, 6.45) is 4.84. The number of aryl methyl sites for hydroxylation is 1. The molecule has 0 atom stereocenters. The molecule has 114 valence electrons. The zero-order chi connectivity index (χ0) is 14.9. The molecule has 1 N–H and O–H groups in total. The first-order valence-electron chi connectivity index (χ1n) is 7.67. The van der Waals surface area contributed by atoms with Crippen LogP contribution in [0.1, 0.15) is 43.7 Å². The quantitative estimate of drug-likeness (QED) is 0.715. The molecule has 0 aliphatic heterocycles. The smallest absolute Gasteiger partial charge is 0.214 e. The van der Waals surface area contributed by atoms with Crippen LogP contribution in [-0.4, -0.2) is 11.5 Å². The van der Waals surface area contributed by atoms with Gasteiger partial charge in [-0.25, -0.2) is 4.98 Å². The van der Waals surface area contributed by atoms with Crippen LogP contribution in [0.25, 0.3) is 0 Å². The zero-order valence-electron chi connectivity index (χ0n) is 12.9. The summed E-state index contributed by atoms with van der Waals surface area (Å²) in [6.45, 7) is 6.61. The molecule has 0 unspecified atom stereocenters. The molecule has 0 saturated heterocycles. The van der Waals surface area contributed by atoms with E-state index in [4.69, 9.17) is 9.15 Å². The van der Waals surface area contributed by atoms with Gasteiger partial charge in [0.2, 0.25) is 5.88 Å². The summed E-state index contributed by atoms with van der Waals surface area (Å²) in [7, 11) is 0. The van der Waals surface area contributed by atoms with Crippen molar-refractivity contribution >= 4 is 0 Å². The molecule has 0 aromatic carbocycles. The summed E-state index contributed by atoms with van der Waals surface area (Å²) in [5.74, 6) is 1.48. The molecule has 0 spiro atoms. The van der Waals surface area contributed by atoms with Crippen molar-refractivity contribution in [2.45, 2.75) is 46.3 Å². The predicted molar refractivity (Wildman–Crippen MR) is 83.3 cm³/mol. The van der Waals surface area contributed by atoms with Gasteiger partial charge in [-0.3, -0.25) is 0 Å². The number of pyridine rings is 1. The van der Waals surface area contributed by atoms with Gasteiger partial charge < -0.3 is 14.5 Å². The molecule has 0 saturated carbocycles. The fourth-order valence-corrected chi connectivity index (χ4v) is 2.13. The second-order valence-electron chi connectivity index (χ2n) is 5.10. The normalized spacial score (nSPS) is 10.8. The Balaban J connectivity index is 2.03. The molecule has 2 aromatic heterocycles. The highest BCUT2D eigenvalue weighted by molar-refractivity contribution is 5.25. The molecule has 0 amide bonds. The number of nitrogens with one attached hydrogen (secondary N) is 1. The first-order valence-corrected chi connectivity index (χ1v) is 7.67. The number of ether oxygens (including phenoxy) is 1. The van der Waals surface area contributed by atoms with E-state index in [0.29, 0.717) is 12.5 Å². The molecule has 0 aliphatic rings. The minimum absolute atomic E-state index is 0.414. The van der Waals surface area contributed by atoms with Crippen molar-refractivity contribution in [2.24, 2.45) is 0 Å². The van der Waals surface area contributed by atoms with E-state index >= 15 is 0 Å². The monoisotopic (exact) mass is 288 g/mol. The Hall–Kier alpha value is -1.81. The Labute approximate surface area is 126 Å². The number of hydrogen-bond donors (Lipinski definition) is 1. The van der Waals surface area contributed by atoms with E-state index in [9.17, 15) is 0 Å². The van der Waals surface area contributed by atoms with Crippen LogP contribution in [-0.2, 0) is 19.6 Å². The second kappa shape index (κ2) is 8.47. The number of furan rings is 1. The summed E-state index contributed by atoms with van der Waals surface area (Å²) < 4.78 is 11.0. The maximum Gasteiger partial charge on any atom is 0.214 e. The summed E-state index contributed by atoms with van der Waals surface area (Å²) >= 11 is 0. The minimum Gasteiger partial charge on any atom is -0.469 e. The van der Waals surface area contributed by atoms with Gasteiger partial charge in [-0.05, 0) is 43.1 Å². The summed E-state index contributed by atoms with van der Waals surface area (Å²) in [5, 5.41) is 3.42. The van der Waals surface area contributed by atoms with E-state index < -0.39 is 0 Å². The maximum absolute atomic E-state index is 5.75. The van der Waals surface area contributed by atoms with Crippen LogP contribution in [0.3, 0.4) is 0 Å². The van der Waals surface area contributed by atoms with Crippen LogP contribution in [0.5, 0.6) is 5.88 Å². The number of hydrogen-bond acceptors (Lipinski definition) is 4. The van der Waals surface area contributed by atoms with Crippen LogP contribution in [0.4, 0.5) is 0 Å². The first kappa shape index (κ1) is 15.6. The lowest BCUT2D eigenvalue weighted by atomic mass is 10.1.